The average Bonchev–Trinajstić information content (AvgIpc) is 2.86. The molecule has 2 heterocycles. The maximum atomic E-state index is 12.2. The van der Waals surface area contributed by atoms with Crippen LogP contribution in [0.5, 0.6) is 0 Å². The van der Waals surface area contributed by atoms with E-state index in [0.29, 0.717) is 18.1 Å². The summed E-state index contributed by atoms with van der Waals surface area (Å²) in [6, 6.07) is -0.298. The van der Waals surface area contributed by atoms with Gasteiger partial charge in [-0.3, -0.25) is 5.32 Å². The molecular formula is C12H18N4O4S. The first-order valence-electron chi connectivity index (χ1n) is 6.72. The summed E-state index contributed by atoms with van der Waals surface area (Å²) in [5, 5.41) is 6.66. The predicted molar refractivity (Wildman–Crippen MR) is 76.5 cm³/mol. The molecule has 2 amide bonds. The maximum absolute atomic E-state index is 12.2. The summed E-state index contributed by atoms with van der Waals surface area (Å²) in [5.74, 6) is -0.592. The first-order chi connectivity index (χ1) is 10.0. The lowest BCUT2D eigenvalue weighted by atomic mass is 10.2. The molecule has 1 saturated heterocycles. The number of carbonyl (C=O) groups excluding carboxylic acids is 2. The van der Waals surface area contributed by atoms with E-state index in [4.69, 9.17) is 9.47 Å². The highest BCUT2D eigenvalue weighted by atomic mass is 32.1. The normalized spacial score (nSPS) is 22.0. The van der Waals surface area contributed by atoms with E-state index >= 15 is 0 Å². The number of hydrogen-bond donors (Lipinski definition) is 1. The Hall–Kier alpha value is -1.74. The summed E-state index contributed by atoms with van der Waals surface area (Å²) in [6.45, 7) is 6.76. The molecule has 1 aromatic heterocycles. The number of anilines is 1. The Morgan fingerprint density at radius 3 is 2.71 bits per heavy atom. The van der Waals surface area contributed by atoms with Crippen molar-refractivity contribution >= 4 is 28.5 Å². The topological polar surface area (TPSA) is 93.7 Å². The number of ether oxygens (including phenoxy) is 2. The van der Waals surface area contributed by atoms with Crippen molar-refractivity contribution in [2.45, 2.75) is 33.0 Å². The van der Waals surface area contributed by atoms with Gasteiger partial charge in [0.1, 0.15) is 0 Å². The molecule has 0 spiro atoms. The van der Waals surface area contributed by atoms with Gasteiger partial charge in [-0.25, -0.2) is 9.59 Å². The fourth-order valence-electron chi connectivity index (χ4n) is 2.13. The highest BCUT2D eigenvalue weighted by Crippen LogP contribution is 2.20. The highest BCUT2D eigenvalue weighted by molar-refractivity contribution is 7.10. The fraction of sp³-hybridized carbons (Fsp3) is 0.667. The monoisotopic (exact) mass is 314 g/mol. The SMILES string of the molecule is CCOC(=O)c1nnsc1NC(=O)N1C[C@@H](C)O[C@@H](C)C1. The molecule has 8 nitrogen and oxygen atoms in total. The molecule has 0 unspecified atom stereocenters. The predicted octanol–water partition coefficient (Wildman–Crippen LogP) is 1.36. The van der Waals surface area contributed by atoms with E-state index in [1.807, 2.05) is 13.8 Å². The van der Waals surface area contributed by atoms with Gasteiger partial charge in [-0.05, 0) is 20.8 Å². The zero-order valence-electron chi connectivity index (χ0n) is 12.2. The van der Waals surface area contributed by atoms with Gasteiger partial charge in [0.05, 0.1) is 18.8 Å². The maximum Gasteiger partial charge on any atom is 0.362 e. The number of urea groups is 1. The van der Waals surface area contributed by atoms with Crippen molar-refractivity contribution in [2.75, 3.05) is 25.0 Å². The zero-order chi connectivity index (χ0) is 15.4. The molecule has 1 aliphatic rings. The van der Waals surface area contributed by atoms with E-state index in [1.54, 1.807) is 11.8 Å². The molecule has 1 aromatic rings. The van der Waals surface area contributed by atoms with E-state index in [9.17, 15) is 9.59 Å². The summed E-state index contributed by atoms with van der Waals surface area (Å²) in [7, 11) is 0. The number of aromatic nitrogens is 2. The Morgan fingerprint density at radius 1 is 1.43 bits per heavy atom. The molecule has 2 rings (SSSR count). The van der Waals surface area contributed by atoms with Crippen molar-refractivity contribution in [3.8, 4) is 0 Å². The standard InChI is InChI=1S/C12H18N4O4S/c1-4-19-11(17)9-10(21-15-14-9)13-12(18)16-5-7(2)20-8(3)6-16/h7-8H,4-6H2,1-3H3,(H,13,18)/t7-,8+. The smallest absolute Gasteiger partial charge is 0.362 e. The van der Waals surface area contributed by atoms with Crippen LogP contribution in [0.2, 0.25) is 0 Å². The molecule has 1 fully saturated rings. The van der Waals surface area contributed by atoms with Crippen LogP contribution in [0.25, 0.3) is 0 Å². The summed E-state index contributed by atoms with van der Waals surface area (Å²) in [6.07, 6.45) is -0.0489. The molecule has 116 valence electrons. The lowest BCUT2D eigenvalue weighted by Crippen LogP contribution is -2.49. The van der Waals surface area contributed by atoms with Gasteiger partial charge in [0.15, 0.2) is 5.00 Å². The Bertz CT molecular complexity index is 511. The Balaban J connectivity index is 2.03. The second-order valence-electron chi connectivity index (χ2n) is 4.76. The van der Waals surface area contributed by atoms with Gasteiger partial charge in [0.2, 0.25) is 5.69 Å². The van der Waals surface area contributed by atoms with Crippen LogP contribution < -0.4 is 5.32 Å². The van der Waals surface area contributed by atoms with Crippen LogP contribution in [0.3, 0.4) is 0 Å². The second kappa shape index (κ2) is 6.81. The molecule has 9 heteroatoms. The summed E-state index contributed by atoms with van der Waals surface area (Å²) >= 11 is 0.946. The quantitative estimate of drug-likeness (QED) is 0.847. The molecular weight excluding hydrogens is 296 g/mol. The Kier molecular flexibility index (Phi) is 5.07. The Labute approximate surface area is 126 Å². The number of esters is 1. The summed E-state index contributed by atoms with van der Waals surface area (Å²) in [5.41, 5.74) is 0.0320. The highest BCUT2D eigenvalue weighted by Gasteiger charge is 2.27. The first kappa shape index (κ1) is 15.6. The van der Waals surface area contributed by atoms with Crippen LogP contribution in [-0.2, 0) is 9.47 Å². The van der Waals surface area contributed by atoms with Crippen molar-refractivity contribution in [1.82, 2.24) is 14.5 Å². The van der Waals surface area contributed by atoms with Crippen LogP contribution in [0.1, 0.15) is 31.3 Å². The van der Waals surface area contributed by atoms with Gasteiger partial charge in [0.25, 0.3) is 0 Å². The third-order valence-electron chi connectivity index (χ3n) is 2.88. The van der Waals surface area contributed by atoms with Crippen molar-refractivity contribution in [3.05, 3.63) is 5.69 Å². The number of amides is 2. The second-order valence-corrected chi connectivity index (χ2v) is 5.52. The average molecular weight is 314 g/mol. The number of nitrogens with one attached hydrogen (secondary N) is 1. The van der Waals surface area contributed by atoms with Gasteiger partial charge < -0.3 is 14.4 Å². The summed E-state index contributed by atoms with van der Waals surface area (Å²) < 4.78 is 14.1. The molecule has 1 N–H and O–H groups in total. The van der Waals surface area contributed by atoms with Gasteiger partial charge in [-0.2, -0.15) is 0 Å². The fourth-order valence-corrected chi connectivity index (χ4v) is 2.67. The van der Waals surface area contributed by atoms with E-state index in [2.05, 4.69) is 14.9 Å². The number of morpholine rings is 1. The lowest BCUT2D eigenvalue weighted by molar-refractivity contribution is -0.0530. The molecule has 0 aromatic carbocycles. The van der Waals surface area contributed by atoms with Gasteiger partial charge in [-0.1, -0.05) is 4.49 Å². The minimum absolute atomic E-state index is 0.0244. The first-order valence-corrected chi connectivity index (χ1v) is 7.49. The van der Waals surface area contributed by atoms with Crippen LogP contribution in [0.15, 0.2) is 0 Å². The molecule has 0 aliphatic carbocycles. The van der Waals surface area contributed by atoms with E-state index < -0.39 is 5.97 Å². The van der Waals surface area contributed by atoms with E-state index in [1.165, 1.54) is 0 Å². The zero-order valence-corrected chi connectivity index (χ0v) is 13.0. The van der Waals surface area contributed by atoms with Crippen molar-refractivity contribution in [1.29, 1.82) is 0 Å². The number of rotatable bonds is 3. The van der Waals surface area contributed by atoms with Gasteiger partial charge in [0, 0.05) is 24.6 Å². The van der Waals surface area contributed by atoms with Crippen LogP contribution in [0.4, 0.5) is 9.80 Å². The minimum atomic E-state index is -0.592. The molecule has 0 saturated carbocycles. The van der Waals surface area contributed by atoms with Gasteiger partial charge >= 0.3 is 12.0 Å². The third-order valence-corrected chi connectivity index (χ3v) is 3.53. The van der Waals surface area contributed by atoms with Crippen molar-refractivity contribution in [3.63, 3.8) is 0 Å². The largest absolute Gasteiger partial charge is 0.461 e. The van der Waals surface area contributed by atoms with Crippen LogP contribution in [-0.4, -0.2) is 58.4 Å². The third kappa shape index (κ3) is 3.88. The Morgan fingerprint density at radius 2 is 2.10 bits per heavy atom. The molecule has 1 aliphatic heterocycles. The van der Waals surface area contributed by atoms with Crippen molar-refractivity contribution < 1.29 is 19.1 Å². The van der Waals surface area contributed by atoms with Gasteiger partial charge in [-0.15, -0.1) is 5.10 Å². The lowest BCUT2D eigenvalue weighted by Gasteiger charge is -2.35. The number of nitrogens with zero attached hydrogens (tertiary/aromatic N) is 3. The molecule has 0 bridgehead atoms. The number of carbonyl (C=O) groups is 2. The molecule has 2 atom stereocenters. The van der Waals surface area contributed by atoms with Crippen LogP contribution in [0, 0.1) is 0 Å². The molecule has 21 heavy (non-hydrogen) atoms. The van der Waals surface area contributed by atoms with E-state index in [-0.39, 0.29) is 30.5 Å². The van der Waals surface area contributed by atoms with Crippen molar-refractivity contribution in [2.24, 2.45) is 0 Å². The minimum Gasteiger partial charge on any atom is -0.461 e. The number of hydrogen-bond acceptors (Lipinski definition) is 7. The van der Waals surface area contributed by atoms with E-state index in [0.717, 1.165) is 11.5 Å². The summed E-state index contributed by atoms with van der Waals surface area (Å²) in [4.78, 5) is 25.6. The van der Waals surface area contributed by atoms with Crippen LogP contribution >= 0.6 is 11.5 Å². The molecule has 0 radical (unpaired) electrons.